The molecule has 3 rings (SSSR count). The number of aromatic nitrogens is 2. The number of halogens is 3. The molecule has 1 aliphatic carbocycles. The molecule has 0 radical (unpaired) electrons. The largest absolute Gasteiger partial charge is 0.452 e. The Labute approximate surface area is 142 Å². The quantitative estimate of drug-likeness (QED) is 0.870. The summed E-state index contributed by atoms with van der Waals surface area (Å²) in [5.41, 5.74) is -0.733. The van der Waals surface area contributed by atoms with Crippen LogP contribution in [-0.4, -0.2) is 27.2 Å². The maximum Gasteiger partial charge on any atom is 0.416 e. The monoisotopic (exact) mass is 353 g/mol. The van der Waals surface area contributed by atoms with Crippen molar-refractivity contribution < 1.29 is 23.0 Å². The second-order valence-electron chi connectivity index (χ2n) is 6.01. The van der Waals surface area contributed by atoms with Crippen LogP contribution < -0.4 is 10.1 Å². The Hall–Kier alpha value is -2.35. The van der Waals surface area contributed by atoms with Crippen molar-refractivity contribution in [3.8, 4) is 11.5 Å². The summed E-state index contributed by atoms with van der Waals surface area (Å²) in [5.74, 6) is 1.09. The zero-order chi connectivity index (χ0) is 17.9. The summed E-state index contributed by atoms with van der Waals surface area (Å²) in [6.07, 6.45) is 1.26. The first-order valence-electron chi connectivity index (χ1n) is 8.01. The molecule has 1 aromatic heterocycles. The van der Waals surface area contributed by atoms with Crippen molar-refractivity contribution in [3.63, 3.8) is 0 Å². The highest BCUT2D eigenvalue weighted by Gasteiger charge is 2.30. The number of hydrogen-bond donors (Lipinski definition) is 2. The van der Waals surface area contributed by atoms with E-state index in [1.54, 1.807) is 0 Å². The molecular formula is C17H18F3N3O2. The van der Waals surface area contributed by atoms with E-state index in [0.29, 0.717) is 11.6 Å². The first-order valence-corrected chi connectivity index (χ1v) is 8.01. The molecule has 1 saturated carbocycles. The number of nitrogens with zero attached hydrogens (tertiary/aromatic N) is 2. The summed E-state index contributed by atoms with van der Waals surface area (Å²) >= 11 is 0. The number of nitrogens with one attached hydrogen (secondary N) is 1. The van der Waals surface area contributed by atoms with Gasteiger partial charge in [-0.25, -0.2) is 9.97 Å². The zero-order valence-corrected chi connectivity index (χ0v) is 13.3. The fraction of sp³-hybridized carbons (Fsp3) is 0.412. The van der Waals surface area contributed by atoms with E-state index in [9.17, 15) is 18.3 Å². The molecule has 0 bridgehead atoms. The Morgan fingerprint density at radius 1 is 1.08 bits per heavy atom. The molecular weight excluding hydrogens is 335 g/mol. The smallest absolute Gasteiger partial charge is 0.416 e. The van der Waals surface area contributed by atoms with Crippen LogP contribution in [0.25, 0.3) is 0 Å². The van der Waals surface area contributed by atoms with Crippen LogP contribution in [0.15, 0.2) is 36.8 Å². The third-order valence-corrected chi connectivity index (χ3v) is 4.13. The van der Waals surface area contributed by atoms with Crippen LogP contribution in [0.2, 0.25) is 0 Å². The van der Waals surface area contributed by atoms with Gasteiger partial charge < -0.3 is 15.2 Å². The van der Waals surface area contributed by atoms with Gasteiger partial charge in [0, 0.05) is 6.04 Å². The van der Waals surface area contributed by atoms with Gasteiger partial charge in [0.05, 0.1) is 17.9 Å². The van der Waals surface area contributed by atoms with Crippen LogP contribution >= 0.6 is 0 Å². The van der Waals surface area contributed by atoms with Crippen LogP contribution in [0.3, 0.4) is 0 Å². The second kappa shape index (κ2) is 7.26. The summed E-state index contributed by atoms with van der Waals surface area (Å²) in [4.78, 5) is 8.06. The summed E-state index contributed by atoms with van der Waals surface area (Å²) in [6, 6.07) is 4.62. The number of ether oxygens (including phenoxy) is 1. The maximum absolute atomic E-state index is 12.6. The average Bonchev–Trinajstić information content (AvgIpc) is 2.58. The Bertz CT molecular complexity index is 699. The van der Waals surface area contributed by atoms with Crippen LogP contribution in [0, 0.1) is 0 Å². The summed E-state index contributed by atoms with van der Waals surface area (Å²) in [7, 11) is 0. The standard InChI is InChI=1S/C17H18F3N3O2/c18-17(19,20)11-1-7-14(8-2-11)25-15-9-21-10-22-16(15)23-12-3-5-13(24)6-4-12/h1-2,7-10,12-13,24H,3-6H2,(H,21,22,23). The summed E-state index contributed by atoms with van der Waals surface area (Å²) < 4.78 is 43.5. The third-order valence-electron chi connectivity index (χ3n) is 4.13. The van der Waals surface area contributed by atoms with E-state index in [4.69, 9.17) is 4.74 Å². The van der Waals surface area contributed by atoms with E-state index in [2.05, 4.69) is 15.3 Å². The number of aliphatic hydroxyl groups excluding tert-OH is 1. The predicted molar refractivity (Wildman–Crippen MR) is 85.4 cm³/mol. The Balaban J connectivity index is 1.70. The van der Waals surface area contributed by atoms with Crippen molar-refractivity contribution in [2.45, 2.75) is 44.0 Å². The summed E-state index contributed by atoms with van der Waals surface area (Å²) in [5, 5.41) is 12.8. The molecule has 1 aromatic carbocycles. The van der Waals surface area contributed by atoms with Crippen LogP contribution in [0.1, 0.15) is 31.2 Å². The van der Waals surface area contributed by atoms with Crippen LogP contribution in [0.4, 0.5) is 19.0 Å². The second-order valence-corrected chi connectivity index (χ2v) is 6.01. The average molecular weight is 353 g/mol. The van der Waals surface area contributed by atoms with E-state index in [1.165, 1.54) is 24.7 Å². The van der Waals surface area contributed by atoms with Gasteiger partial charge in [-0.3, -0.25) is 0 Å². The van der Waals surface area contributed by atoms with E-state index in [1.807, 2.05) is 0 Å². The topological polar surface area (TPSA) is 67.3 Å². The molecule has 0 atom stereocenters. The van der Waals surface area contributed by atoms with E-state index < -0.39 is 11.7 Å². The molecule has 0 unspecified atom stereocenters. The van der Waals surface area contributed by atoms with Gasteiger partial charge in [-0.05, 0) is 49.9 Å². The highest BCUT2D eigenvalue weighted by molar-refractivity contribution is 5.50. The van der Waals surface area contributed by atoms with Crippen LogP contribution in [0.5, 0.6) is 11.5 Å². The number of alkyl halides is 3. The number of benzene rings is 1. The number of rotatable bonds is 4. The molecule has 2 aromatic rings. The first kappa shape index (κ1) is 17.5. The maximum atomic E-state index is 12.6. The number of aliphatic hydroxyl groups is 1. The highest BCUT2D eigenvalue weighted by atomic mass is 19.4. The normalized spacial score (nSPS) is 21.0. The van der Waals surface area contributed by atoms with Gasteiger partial charge in [0.15, 0.2) is 11.6 Å². The third kappa shape index (κ3) is 4.60. The van der Waals surface area contributed by atoms with E-state index >= 15 is 0 Å². The molecule has 1 aliphatic rings. The molecule has 8 heteroatoms. The molecule has 2 N–H and O–H groups in total. The van der Waals surface area contributed by atoms with Crippen molar-refractivity contribution in [3.05, 3.63) is 42.4 Å². The Morgan fingerprint density at radius 2 is 1.76 bits per heavy atom. The van der Waals surface area contributed by atoms with Crippen molar-refractivity contribution in [2.24, 2.45) is 0 Å². The number of hydrogen-bond acceptors (Lipinski definition) is 5. The predicted octanol–water partition coefficient (Wildman–Crippen LogP) is 4.00. The van der Waals surface area contributed by atoms with Gasteiger partial charge in [-0.15, -0.1) is 0 Å². The molecule has 5 nitrogen and oxygen atoms in total. The SMILES string of the molecule is OC1CCC(Nc2ncncc2Oc2ccc(C(F)(F)F)cc2)CC1. The minimum atomic E-state index is -4.38. The molecule has 0 saturated heterocycles. The van der Waals surface area contributed by atoms with E-state index in [-0.39, 0.29) is 17.9 Å². The van der Waals surface area contributed by atoms with Crippen LogP contribution in [-0.2, 0) is 6.18 Å². The minimum absolute atomic E-state index is 0.160. The van der Waals surface area contributed by atoms with E-state index in [0.717, 1.165) is 37.8 Å². The lowest BCUT2D eigenvalue weighted by molar-refractivity contribution is -0.137. The zero-order valence-electron chi connectivity index (χ0n) is 13.3. The van der Waals surface area contributed by atoms with Gasteiger partial charge >= 0.3 is 6.18 Å². The Kier molecular flexibility index (Phi) is 5.08. The Morgan fingerprint density at radius 3 is 2.40 bits per heavy atom. The molecule has 1 heterocycles. The molecule has 0 amide bonds. The van der Waals surface area contributed by atoms with Crippen molar-refractivity contribution in [1.82, 2.24) is 9.97 Å². The fourth-order valence-electron chi connectivity index (χ4n) is 2.75. The lowest BCUT2D eigenvalue weighted by Crippen LogP contribution is -2.28. The molecule has 134 valence electrons. The molecule has 25 heavy (non-hydrogen) atoms. The van der Waals surface area contributed by atoms with Gasteiger partial charge in [-0.1, -0.05) is 0 Å². The molecule has 0 aliphatic heterocycles. The summed E-state index contributed by atoms with van der Waals surface area (Å²) in [6.45, 7) is 0. The van der Waals surface area contributed by atoms with Gasteiger partial charge in [0.25, 0.3) is 0 Å². The lowest BCUT2D eigenvalue weighted by Gasteiger charge is -2.27. The lowest BCUT2D eigenvalue weighted by atomic mass is 9.93. The van der Waals surface area contributed by atoms with Gasteiger partial charge in [0.1, 0.15) is 12.1 Å². The molecule has 0 spiro atoms. The van der Waals surface area contributed by atoms with Gasteiger partial charge in [0.2, 0.25) is 0 Å². The van der Waals surface area contributed by atoms with Crippen molar-refractivity contribution >= 4 is 5.82 Å². The highest BCUT2D eigenvalue weighted by Crippen LogP contribution is 2.33. The van der Waals surface area contributed by atoms with Crippen molar-refractivity contribution in [2.75, 3.05) is 5.32 Å². The van der Waals surface area contributed by atoms with Crippen molar-refractivity contribution in [1.29, 1.82) is 0 Å². The fourth-order valence-corrected chi connectivity index (χ4v) is 2.75. The number of anilines is 1. The van der Waals surface area contributed by atoms with Gasteiger partial charge in [-0.2, -0.15) is 13.2 Å². The molecule has 1 fully saturated rings. The first-order chi connectivity index (χ1) is 11.9. The minimum Gasteiger partial charge on any atom is -0.452 e.